The summed E-state index contributed by atoms with van der Waals surface area (Å²) in [6.07, 6.45) is 0.690. The van der Waals surface area contributed by atoms with Crippen LogP contribution in [0.3, 0.4) is 0 Å². The fourth-order valence-electron chi connectivity index (χ4n) is 1.26. The van der Waals surface area contributed by atoms with Crippen molar-refractivity contribution < 1.29 is 13.2 Å². The highest BCUT2D eigenvalue weighted by Gasteiger charge is 2.07. The summed E-state index contributed by atoms with van der Waals surface area (Å²) in [4.78, 5) is 2.06. The fraction of sp³-hybridized carbons (Fsp3) is 1.00. The van der Waals surface area contributed by atoms with Crippen molar-refractivity contribution in [2.75, 3.05) is 58.4 Å². The lowest BCUT2D eigenvalue weighted by atomic mass is 10.6. The molecule has 0 aliphatic heterocycles. The Morgan fingerprint density at radius 2 is 1.82 bits per heavy atom. The summed E-state index contributed by atoms with van der Waals surface area (Å²) in [6, 6.07) is 0. The fourth-order valence-corrected chi connectivity index (χ4v) is 2.54. The second-order valence-corrected chi connectivity index (χ2v) is 6.62. The first-order valence-corrected chi connectivity index (χ1v) is 7.93. The third kappa shape index (κ3) is 12.1. The standard InChI is InChI=1S/C11H26N2O3S/c1-4-10-17(14,15)11-6-12-5-8-16-9-7-13(2)3/h12H,4-11H2,1-3H3. The van der Waals surface area contributed by atoms with E-state index in [1.54, 1.807) is 0 Å². The predicted molar refractivity (Wildman–Crippen MR) is 71.2 cm³/mol. The normalized spacial score (nSPS) is 12.2. The van der Waals surface area contributed by atoms with Crippen LogP contribution in [0.15, 0.2) is 0 Å². The summed E-state index contributed by atoms with van der Waals surface area (Å²) in [7, 11) is 1.15. The molecule has 104 valence electrons. The molecule has 0 rings (SSSR count). The summed E-state index contributed by atoms with van der Waals surface area (Å²) in [5, 5.41) is 3.07. The third-order valence-electron chi connectivity index (χ3n) is 2.21. The maximum absolute atomic E-state index is 11.4. The number of likely N-dealkylation sites (N-methyl/N-ethyl adjacent to an activating group) is 1. The van der Waals surface area contributed by atoms with E-state index in [0.29, 0.717) is 32.7 Å². The Morgan fingerprint density at radius 1 is 1.12 bits per heavy atom. The Hall–Kier alpha value is -0.170. The van der Waals surface area contributed by atoms with Gasteiger partial charge in [0.1, 0.15) is 0 Å². The summed E-state index contributed by atoms with van der Waals surface area (Å²) >= 11 is 0. The first kappa shape index (κ1) is 16.8. The number of hydrogen-bond donors (Lipinski definition) is 1. The first-order valence-electron chi connectivity index (χ1n) is 6.11. The molecule has 0 aromatic heterocycles. The highest BCUT2D eigenvalue weighted by molar-refractivity contribution is 7.91. The lowest BCUT2D eigenvalue weighted by molar-refractivity contribution is 0.119. The van der Waals surface area contributed by atoms with Gasteiger partial charge in [-0.25, -0.2) is 8.42 Å². The zero-order chi connectivity index (χ0) is 13.1. The molecule has 0 amide bonds. The van der Waals surface area contributed by atoms with Crippen molar-refractivity contribution in [3.05, 3.63) is 0 Å². The van der Waals surface area contributed by atoms with E-state index in [9.17, 15) is 8.42 Å². The minimum Gasteiger partial charge on any atom is -0.379 e. The Balaban J connectivity index is 3.29. The Bertz CT molecular complexity index is 266. The summed E-state index contributed by atoms with van der Waals surface area (Å²) in [6.45, 7) is 5.34. The number of hydrogen-bond acceptors (Lipinski definition) is 5. The van der Waals surface area contributed by atoms with Crippen molar-refractivity contribution in [2.45, 2.75) is 13.3 Å². The predicted octanol–water partition coefficient (Wildman–Crippen LogP) is -0.0210. The molecule has 0 spiro atoms. The lowest BCUT2D eigenvalue weighted by Crippen LogP contribution is -2.28. The minimum absolute atomic E-state index is 0.221. The molecule has 0 unspecified atom stereocenters. The van der Waals surface area contributed by atoms with Crippen molar-refractivity contribution in [3.8, 4) is 0 Å². The molecule has 0 aliphatic carbocycles. The third-order valence-corrected chi connectivity index (χ3v) is 4.07. The molecular weight excluding hydrogens is 240 g/mol. The van der Waals surface area contributed by atoms with Gasteiger partial charge in [-0.3, -0.25) is 0 Å². The molecule has 0 aromatic carbocycles. The molecule has 5 nitrogen and oxygen atoms in total. The summed E-state index contributed by atoms with van der Waals surface area (Å²) in [5.74, 6) is 0.507. The quantitative estimate of drug-likeness (QED) is 0.533. The molecule has 0 radical (unpaired) electrons. The number of sulfone groups is 1. The van der Waals surface area contributed by atoms with E-state index in [1.165, 1.54) is 0 Å². The van der Waals surface area contributed by atoms with Gasteiger partial charge in [-0.2, -0.15) is 0 Å². The second-order valence-electron chi connectivity index (χ2n) is 4.32. The maximum Gasteiger partial charge on any atom is 0.151 e. The van der Waals surface area contributed by atoms with E-state index < -0.39 is 9.84 Å². The van der Waals surface area contributed by atoms with E-state index in [0.717, 1.165) is 6.54 Å². The molecule has 0 fully saturated rings. The Labute approximate surface area is 105 Å². The SMILES string of the molecule is CCCS(=O)(=O)CCNCCOCCN(C)C. The molecule has 0 aliphatic rings. The van der Waals surface area contributed by atoms with Crippen LogP contribution in [-0.4, -0.2) is 71.8 Å². The highest BCUT2D eigenvalue weighted by atomic mass is 32.2. The van der Waals surface area contributed by atoms with Crippen LogP contribution in [0.4, 0.5) is 0 Å². The van der Waals surface area contributed by atoms with E-state index in [2.05, 4.69) is 10.2 Å². The van der Waals surface area contributed by atoms with Gasteiger partial charge in [0.15, 0.2) is 9.84 Å². The number of nitrogens with zero attached hydrogens (tertiary/aromatic N) is 1. The zero-order valence-corrected chi connectivity index (χ0v) is 12.1. The van der Waals surface area contributed by atoms with E-state index in [1.807, 2.05) is 21.0 Å². The largest absolute Gasteiger partial charge is 0.379 e. The van der Waals surface area contributed by atoms with E-state index in [4.69, 9.17) is 4.74 Å². The molecule has 1 N–H and O–H groups in total. The molecule has 6 heteroatoms. The van der Waals surface area contributed by atoms with Crippen molar-refractivity contribution in [2.24, 2.45) is 0 Å². The van der Waals surface area contributed by atoms with Crippen molar-refractivity contribution in [1.29, 1.82) is 0 Å². The topological polar surface area (TPSA) is 58.6 Å². The van der Waals surface area contributed by atoms with Gasteiger partial charge in [0.25, 0.3) is 0 Å². The van der Waals surface area contributed by atoms with Crippen molar-refractivity contribution >= 4 is 9.84 Å². The van der Waals surface area contributed by atoms with Gasteiger partial charge in [-0.15, -0.1) is 0 Å². The molecule has 0 bridgehead atoms. The molecule has 17 heavy (non-hydrogen) atoms. The average Bonchev–Trinajstić information content (AvgIpc) is 2.21. The Morgan fingerprint density at radius 3 is 2.41 bits per heavy atom. The summed E-state index contributed by atoms with van der Waals surface area (Å²) < 4.78 is 28.1. The smallest absolute Gasteiger partial charge is 0.151 e. The van der Waals surface area contributed by atoms with Gasteiger partial charge in [-0.1, -0.05) is 6.92 Å². The number of rotatable bonds is 11. The first-order chi connectivity index (χ1) is 7.98. The highest BCUT2D eigenvalue weighted by Crippen LogP contribution is 1.91. The monoisotopic (exact) mass is 266 g/mol. The second kappa shape index (κ2) is 9.82. The number of nitrogens with one attached hydrogen (secondary N) is 1. The van der Waals surface area contributed by atoms with E-state index >= 15 is 0 Å². The van der Waals surface area contributed by atoms with Gasteiger partial charge in [0.2, 0.25) is 0 Å². The van der Waals surface area contributed by atoms with Gasteiger partial charge in [-0.05, 0) is 20.5 Å². The molecule has 0 aromatic rings. The van der Waals surface area contributed by atoms with E-state index in [-0.39, 0.29) is 11.5 Å². The molecule has 0 saturated carbocycles. The van der Waals surface area contributed by atoms with Crippen LogP contribution in [0.5, 0.6) is 0 Å². The van der Waals surface area contributed by atoms with Crippen LogP contribution in [0, 0.1) is 0 Å². The molecule has 0 atom stereocenters. The van der Waals surface area contributed by atoms with Crippen LogP contribution < -0.4 is 5.32 Å². The van der Waals surface area contributed by atoms with Gasteiger partial charge < -0.3 is 15.0 Å². The van der Waals surface area contributed by atoms with Crippen LogP contribution in [0.1, 0.15) is 13.3 Å². The number of ether oxygens (including phenoxy) is 1. The van der Waals surface area contributed by atoms with Crippen molar-refractivity contribution in [3.63, 3.8) is 0 Å². The van der Waals surface area contributed by atoms with Crippen LogP contribution >= 0.6 is 0 Å². The zero-order valence-electron chi connectivity index (χ0n) is 11.2. The van der Waals surface area contributed by atoms with Crippen LogP contribution in [-0.2, 0) is 14.6 Å². The van der Waals surface area contributed by atoms with Crippen molar-refractivity contribution in [1.82, 2.24) is 10.2 Å². The molecule has 0 heterocycles. The summed E-state index contributed by atoms with van der Waals surface area (Å²) in [5.41, 5.74) is 0. The van der Waals surface area contributed by atoms with Gasteiger partial charge in [0, 0.05) is 25.4 Å². The molecular formula is C11H26N2O3S. The van der Waals surface area contributed by atoms with Gasteiger partial charge in [0.05, 0.1) is 19.0 Å². The minimum atomic E-state index is -2.85. The lowest BCUT2D eigenvalue weighted by Gasteiger charge is -2.10. The average molecular weight is 266 g/mol. The molecule has 0 saturated heterocycles. The van der Waals surface area contributed by atoms with Gasteiger partial charge >= 0.3 is 0 Å². The Kier molecular flexibility index (Phi) is 9.72. The van der Waals surface area contributed by atoms with Crippen LogP contribution in [0.25, 0.3) is 0 Å². The maximum atomic E-state index is 11.4. The van der Waals surface area contributed by atoms with Crippen LogP contribution in [0.2, 0.25) is 0 Å².